The lowest BCUT2D eigenvalue weighted by molar-refractivity contribution is -0.114. The lowest BCUT2D eigenvalue weighted by Crippen LogP contribution is -2.43. The van der Waals surface area contributed by atoms with Crippen LogP contribution in [-0.4, -0.2) is 32.1 Å². The fourth-order valence-corrected chi connectivity index (χ4v) is 2.77. The summed E-state index contributed by atoms with van der Waals surface area (Å²) in [6.45, 7) is 5.71. The molecule has 0 spiro atoms. The van der Waals surface area contributed by atoms with Gasteiger partial charge in [-0.15, -0.1) is 0 Å². The van der Waals surface area contributed by atoms with Gasteiger partial charge in [0.25, 0.3) is 0 Å². The van der Waals surface area contributed by atoms with Crippen molar-refractivity contribution in [2.75, 3.05) is 36.4 Å². The molecule has 114 valence electrons. The van der Waals surface area contributed by atoms with Crippen LogP contribution in [0.2, 0.25) is 0 Å². The molecule has 1 aliphatic heterocycles. The number of nitrogens with one attached hydrogen (secondary N) is 2. The topological polar surface area (TPSA) is 44.4 Å². The van der Waals surface area contributed by atoms with Crippen LogP contribution in [0.5, 0.6) is 0 Å². The highest BCUT2D eigenvalue weighted by Gasteiger charge is 2.10. The molecule has 0 atom stereocenters. The maximum absolute atomic E-state index is 11.2. The van der Waals surface area contributed by atoms with E-state index in [4.69, 9.17) is 0 Å². The Morgan fingerprint density at radius 2 is 1.77 bits per heavy atom. The molecule has 4 nitrogen and oxygen atoms in total. The van der Waals surface area contributed by atoms with Crippen molar-refractivity contribution in [3.63, 3.8) is 0 Å². The Kier molecular flexibility index (Phi) is 4.39. The first-order chi connectivity index (χ1) is 10.7. The molecule has 1 aliphatic rings. The van der Waals surface area contributed by atoms with Crippen LogP contribution in [0.15, 0.2) is 48.5 Å². The number of piperazine rings is 1. The van der Waals surface area contributed by atoms with Gasteiger partial charge in [0.15, 0.2) is 0 Å². The van der Waals surface area contributed by atoms with Crippen LogP contribution in [0.1, 0.15) is 6.92 Å². The zero-order chi connectivity index (χ0) is 15.4. The average Bonchev–Trinajstić information content (AvgIpc) is 2.55. The second-order valence-electron chi connectivity index (χ2n) is 5.55. The minimum absolute atomic E-state index is 0.0498. The van der Waals surface area contributed by atoms with E-state index in [1.807, 2.05) is 18.2 Å². The molecule has 1 fully saturated rings. The fourth-order valence-electron chi connectivity index (χ4n) is 2.77. The Bertz CT molecular complexity index is 646. The lowest BCUT2D eigenvalue weighted by atomic mass is 10.0. The van der Waals surface area contributed by atoms with Crippen LogP contribution in [0.4, 0.5) is 11.4 Å². The molecule has 0 aromatic heterocycles. The minimum Gasteiger partial charge on any atom is -0.369 e. The molecule has 2 aromatic carbocycles. The Morgan fingerprint density at radius 1 is 1.05 bits per heavy atom. The van der Waals surface area contributed by atoms with Gasteiger partial charge in [0.1, 0.15) is 0 Å². The van der Waals surface area contributed by atoms with Gasteiger partial charge in [0, 0.05) is 44.5 Å². The van der Waals surface area contributed by atoms with Crippen LogP contribution in [0.25, 0.3) is 11.1 Å². The summed E-state index contributed by atoms with van der Waals surface area (Å²) in [6, 6.07) is 16.6. The highest BCUT2D eigenvalue weighted by atomic mass is 16.1. The second kappa shape index (κ2) is 6.62. The summed E-state index contributed by atoms with van der Waals surface area (Å²) in [5.74, 6) is -0.0498. The van der Waals surface area contributed by atoms with E-state index in [9.17, 15) is 4.79 Å². The summed E-state index contributed by atoms with van der Waals surface area (Å²) in [4.78, 5) is 13.6. The summed E-state index contributed by atoms with van der Waals surface area (Å²) in [5.41, 5.74) is 4.36. The third kappa shape index (κ3) is 3.46. The van der Waals surface area contributed by atoms with Gasteiger partial charge in [-0.1, -0.05) is 24.3 Å². The monoisotopic (exact) mass is 295 g/mol. The van der Waals surface area contributed by atoms with Gasteiger partial charge in [-0.3, -0.25) is 4.79 Å². The number of rotatable bonds is 3. The molecule has 1 saturated heterocycles. The fraction of sp³-hybridized carbons (Fsp3) is 0.278. The van der Waals surface area contributed by atoms with E-state index >= 15 is 0 Å². The van der Waals surface area contributed by atoms with Gasteiger partial charge in [0.05, 0.1) is 0 Å². The molecule has 1 amide bonds. The standard InChI is InChI=1S/C18H21N3O/c1-14(22)20-17-4-2-3-16(13-17)15-5-7-18(8-6-15)21-11-9-19-10-12-21/h2-8,13,19H,9-12H2,1H3,(H,20,22). The Labute approximate surface area is 131 Å². The van der Waals surface area contributed by atoms with Crippen LogP contribution in [-0.2, 0) is 4.79 Å². The van der Waals surface area contributed by atoms with Crippen LogP contribution < -0.4 is 15.5 Å². The van der Waals surface area contributed by atoms with Crippen LogP contribution in [0, 0.1) is 0 Å². The van der Waals surface area contributed by atoms with Crippen molar-refractivity contribution >= 4 is 17.3 Å². The number of nitrogens with zero attached hydrogens (tertiary/aromatic N) is 1. The third-order valence-corrected chi connectivity index (χ3v) is 3.87. The van der Waals surface area contributed by atoms with Gasteiger partial charge < -0.3 is 15.5 Å². The molecule has 3 rings (SSSR count). The molecule has 2 aromatic rings. The molecule has 0 unspecified atom stereocenters. The van der Waals surface area contributed by atoms with Crippen molar-refractivity contribution in [3.05, 3.63) is 48.5 Å². The Balaban J connectivity index is 1.78. The quantitative estimate of drug-likeness (QED) is 0.915. The minimum atomic E-state index is -0.0498. The van der Waals surface area contributed by atoms with E-state index in [-0.39, 0.29) is 5.91 Å². The summed E-state index contributed by atoms with van der Waals surface area (Å²) in [6.07, 6.45) is 0. The molecule has 0 radical (unpaired) electrons. The van der Waals surface area contributed by atoms with Gasteiger partial charge in [0.2, 0.25) is 5.91 Å². The van der Waals surface area contributed by atoms with Gasteiger partial charge in [-0.25, -0.2) is 0 Å². The van der Waals surface area contributed by atoms with Crippen molar-refractivity contribution in [1.29, 1.82) is 0 Å². The van der Waals surface area contributed by atoms with Gasteiger partial charge in [-0.05, 0) is 35.4 Å². The molecule has 0 saturated carbocycles. The molecule has 1 heterocycles. The van der Waals surface area contributed by atoms with E-state index in [2.05, 4.69) is 45.9 Å². The molecule has 0 bridgehead atoms. The largest absolute Gasteiger partial charge is 0.369 e. The Hall–Kier alpha value is -2.33. The van der Waals surface area contributed by atoms with Crippen molar-refractivity contribution < 1.29 is 4.79 Å². The van der Waals surface area contributed by atoms with E-state index in [1.165, 1.54) is 12.6 Å². The predicted molar refractivity (Wildman–Crippen MR) is 91.3 cm³/mol. The number of hydrogen-bond donors (Lipinski definition) is 2. The zero-order valence-corrected chi connectivity index (χ0v) is 12.8. The smallest absolute Gasteiger partial charge is 0.221 e. The van der Waals surface area contributed by atoms with E-state index in [0.29, 0.717) is 0 Å². The van der Waals surface area contributed by atoms with Crippen molar-refractivity contribution in [1.82, 2.24) is 5.32 Å². The van der Waals surface area contributed by atoms with E-state index in [1.54, 1.807) is 0 Å². The maximum atomic E-state index is 11.2. The molecular weight excluding hydrogens is 274 g/mol. The first-order valence-corrected chi connectivity index (χ1v) is 7.66. The number of hydrogen-bond acceptors (Lipinski definition) is 3. The highest BCUT2D eigenvalue weighted by Crippen LogP contribution is 2.25. The van der Waals surface area contributed by atoms with E-state index in [0.717, 1.165) is 43.0 Å². The lowest BCUT2D eigenvalue weighted by Gasteiger charge is -2.29. The first kappa shape index (κ1) is 14.6. The van der Waals surface area contributed by atoms with Crippen LogP contribution >= 0.6 is 0 Å². The van der Waals surface area contributed by atoms with Crippen LogP contribution in [0.3, 0.4) is 0 Å². The summed E-state index contributed by atoms with van der Waals surface area (Å²) in [7, 11) is 0. The summed E-state index contributed by atoms with van der Waals surface area (Å²) in [5, 5.41) is 6.19. The molecule has 22 heavy (non-hydrogen) atoms. The van der Waals surface area contributed by atoms with E-state index < -0.39 is 0 Å². The van der Waals surface area contributed by atoms with Crippen molar-refractivity contribution in [2.45, 2.75) is 6.92 Å². The summed E-state index contributed by atoms with van der Waals surface area (Å²) >= 11 is 0. The third-order valence-electron chi connectivity index (χ3n) is 3.87. The SMILES string of the molecule is CC(=O)Nc1cccc(-c2ccc(N3CCNCC3)cc2)c1. The number of carbonyl (C=O) groups is 1. The number of benzene rings is 2. The van der Waals surface area contributed by atoms with Crippen molar-refractivity contribution in [3.8, 4) is 11.1 Å². The maximum Gasteiger partial charge on any atom is 0.221 e. The average molecular weight is 295 g/mol. The van der Waals surface area contributed by atoms with Gasteiger partial charge >= 0.3 is 0 Å². The second-order valence-corrected chi connectivity index (χ2v) is 5.55. The molecule has 0 aliphatic carbocycles. The number of carbonyl (C=O) groups excluding carboxylic acids is 1. The highest BCUT2D eigenvalue weighted by molar-refractivity contribution is 5.89. The first-order valence-electron chi connectivity index (χ1n) is 7.66. The zero-order valence-electron chi connectivity index (χ0n) is 12.8. The molecule has 4 heteroatoms. The Morgan fingerprint density at radius 3 is 2.45 bits per heavy atom. The predicted octanol–water partition coefficient (Wildman–Crippen LogP) is 2.72. The summed E-state index contributed by atoms with van der Waals surface area (Å²) < 4.78 is 0. The van der Waals surface area contributed by atoms with Gasteiger partial charge in [-0.2, -0.15) is 0 Å². The number of amides is 1. The molecular formula is C18H21N3O. The normalized spacial score (nSPS) is 14.7. The van der Waals surface area contributed by atoms with Crippen molar-refractivity contribution in [2.24, 2.45) is 0 Å². The molecule has 2 N–H and O–H groups in total. The number of anilines is 2.